The van der Waals surface area contributed by atoms with E-state index >= 15 is 0 Å². The Labute approximate surface area is 131 Å². The summed E-state index contributed by atoms with van der Waals surface area (Å²) in [6, 6.07) is 9.22. The largest absolute Gasteiger partial charge is 0.314 e. The highest BCUT2D eigenvalue weighted by Crippen LogP contribution is 2.32. The smallest absolute Gasteiger partial charge is 0.0870 e. The lowest BCUT2D eigenvalue weighted by Gasteiger charge is -2.34. The molecule has 1 N–H and O–H groups in total. The Bertz CT molecular complexity index is 570. The first kappa shape index (κ1) is 14.7. The van der Waals surface area contributed by atoms with E-state index in [-0.39, 0.29) is 0 Å². The van der Waals surface area contributed by atoms with Crippen LogP contribution in [-0.4, -0.2) is 36.1 Å². The van der Waals surface area contributed by atoms with Crippen molar-refractivity contribution in [2.75, 3.05) is 26.2 Å². The van der Waals surface area contributed by atoms with E-state index in [4.69, 9.17) is 4.98 Å². The van der Waals surface area contributed by atoms with E-state index in [1.807, 2.05) is 17.5 Å². The highest BCUT2D eigenvalue weighted by Gasteiger charge is 2.26. The molecule has 1 aliphatic rings. The summed E-state index contributed by atoms with van der Waals surface area (Å²) in [7, 11) is 0. The molecule has 0 radical (unpaired) electrons. The minimum atomic E-state index is 0.303. The van der Waals surface area contributed by atoms with Crippen molar-refractivity contribution < 1.29 is 0 Å². The quantitative estimate of drug-likeness (QED) is 0.941. The maximum absolute atomic E-state index is 4.76. The van der Waals surface area contributed by atoms with Crippen LogP contribution in [0.25, 0.3) is 0 Å². The van der Waals surface area contributed by atoms with Crippen molar-refractivity contribution in [3.8, 4) is 0 Å². The summed E-state index contributed by atoms with van der Waals surface area (Å²) in [6.45, 7) is 8.64. The molecule has 3 nitrogen and oxygen atoms in total. The Hall–Kier alpha value is -1.23. The van der Waals surface area contributed by atoms with Crippen molar-refractivity contribution in [3.63, 3.8) is 0 Å². The molecule has 2 aromatic rings. The number of nitrogens with one attached hydrogen (secondary N) is 1. The van der Waals surface area contributed by atoms with Gasteiger partial charge < -0.3 is 5.32 Å². The van der Waals surface area contributed by atoms with Gasteiger partial charge in [0, 0.05) is 42.1 Å². The summed E-state index contributed by atoms with van der Waals surface area (Å²) in [6.07, 6.45) is 3.08. The fraction of sp³-hybridized carbons (Fsp3) is 0.471. The number of aromatic nitrogens is 1. The lowest BCUT2D eigenvalue weighted by Crippen LogP contribution is -2.45. The van der Waals surface area contributed by atoms with Gasteiger partial charge in [-0.1, -0.05) is 13.0 Å². The summed E-state index contributed by atoms with van der Waals surface area (Å²) in [5, 5.41) is 3.44. The third-order valence-electron chi connectivity index (χ3n) is 4.08. The van der Waals surface area contributed by atoms with Crippen molar-refractivity contribution in [2.45, 2.75) is 26.3 Å². The van der Waals surface area contributed by atoms with E-state index in [0.717, 1.165) is 32.6 Å². The molecule has 1 atom stereocenters. The Morgan fingerprint density at radius 3 is 2.62 bits per heavy atom. The van der Waals surface area contributed by atoms with Crippen LogP contribution in [0.15, 0.2) is 30.5 Å². The molecule has 2 aromatic heterocycles. The van der Waals surface area contributed by atoms with Gasteiger partial charge in [0.1, 0.15) is 0 Å². The van der Waals surface area contributed by atoms with E-state index in [1.165, 1.54) is 21.0 Å². The third-order valence-corrected chi connectivity index (χ3v) is 5.14. The average molecular weight is 301 g/mol. The first-order valence-corrected chi connectivity index (χ1v) is 8.55. The number of aryl methyl sites for hydroxylation is 2. The van der Waals surface area contributed by atoms with Gasteiger partial charge in [-0.05, 0) is 37.1 Å². The van der Waals surface area contributed by atoms with Crippen LogP contribution in [0.5, 0.6) is 0 Å². The summed E-state index contributed by atoms with van der Waals surface area (Å²) in [4.78, 5) is 10.1. The summed E-state index contributed by atoms with van der Waals surface area (Å²) >= 11 is 1.89. The van der Waals surface area contributed by atoms with Crippen LogP contribution in [0.4, 0.5) is 0 Å². The zero-order valence-electron chi connectivity index (χ0n) is 12.8. The van der Waals surface area contributed by atoms with Crippen molar-refractivity contribution in [1.29, 1.82) is 0 Å². The number of nitrogens with zero attached hydrogens (tertiary/aromatic N) is 2. The van der Waals surface area contributed by atoms with E-state index in [2.05, 4.69) is 48.3 Å². The lowest BCUT2D eigenvalue weighted by atomic mass is 10.1. The van der Waals surface area contributed by atoms with Crippen molar-refractivity contribution in [2.24, 2.45) is 0 Å². The molecule has 0 spiro atoms. The van der Waals surface area contributed by atoms with Gasteiger partial charge in [0.05, 0.1) is 11.7 Å². The van der Waals surface area contributed by atoms with Crippen LogP contribution in [0.3, 0.4) is 0 Å². The lowest BCUT2D eigenvalue weighted by molar-refractivity contribution is 0.198. The molecule has 3 heterocycles. The molecule has 1 aliphatic heterocycles. The molecule has 1 saturated heterocycles. The minimum Gasteiger partial charge on any atom is -0.314 e. The second-order valence-corrected chi connectivity index (χ2v) is 6.90. The molecule has 0 saturated carbocycles. The van der Waals surface area contributed by atoms with E-state index in [9.17, 15) is 0 Å². The number of piperazine rings is 1. The minimum absolute atomic E-state index is 0.303. The first-order valence-electron chi connectivity index (χ1n) is 7.74. The normalized spacial score (nSPS) is 17.8. The molecule has 0 aromatic carbocycles. The Kier molecular flexibility index (Phi) is 4.68. The van der Waals surface area contributed by atoms with Crippen molar-refractivity contribution in [3.05, 3.63) is 51.5 Å². The highest BCUT2D eigenvalue weighted by molar-refractivity contribution is 7.12. The molecule has 0 aliphatic carbocycles. The second-order valence-electron chi connectivity index (χ2n) is 5.58. The molecule has 21 heavy (non-hydrogen) atoms. The molecule has 0 amide bonds. The molecular formula is C17H23N3S. The van der Waals surface area contributed by atoms with Crippen LogP contribution >= 0.6 is 11.3 Å². The average Bonchev–Trinajstić information content (AvgIpc) is 2.95. The molecule has 4 heteroatoms. The number of rotatable bonds is 4. The van der Waals surface area contributed by atoms with Crippen LogP contribution in [0.1, 0.15) is 34.0 Å². The third kappa shape index (κ3) is 3.34. The standard InChI is InChI=1S/C17H23N3S/c1-3-14-5-6-15(19-12-14)17(16-7-4-13(2)21-16)20-10-8-18-9-11-20/h4-7,12,17-18H,3,8-11H2,1-2H3. The zero-order chi connectivity index (χ0) is 14.7. The van der Waals surface area contributed by atoms with Gasteiger partial charge in [-0.3, -0.25) is 9.88 Å². The van der Waals surface area contributed by atoms with Crippen LogP contribution in [-0.2, 0) is 6.42 Å². The highest BCUT2D eigenvalue weighted by atomic mass is 32.1. The Morgan fingerprint density at radius 2 is 2.05 bits per heavy atom. The van der Waals surface area contributed by atoms with Crippen molar-refractivity contribution in [1.82, 2.24) is 15.2 Å². The van der Waals surface area contributed by atoms with Gasteiger partial charge >= 0.3 is 0 Å². The maximum atomic E-state index is 4.76. The number of thiophene rings is 1. The molecule has 1 fully saturated rings. The fourth-order valence-electron chi connectivity index (χ4n) is 2.86. The summed E-state index contributed by atoms with van der Waals surface area (Å²) in [5.74, 6) is 0. The molecular weight excluding hydrogens is 278 g/mol. The number of hydrogen-bond acceptors (Lipinski definition) is 4. The first-order chi connectivity index (χ1) is 10.3. The fourth-order valence-corrected chi connectivity index (χ4v) is 3.89. The SMILES string of the molecule is CCc1ccc(C(c2ccc(C)s2)N2CCNCC2)nc1. The Morgan fingerprint density at radius 1 is 1.24 bits per heavy atom. The summed E-state index contributed by atoms with van der Waals surface area (Å²) in [5.41, 5.74) is 2.48. The van der Waals surface area contributed by atoms with Crippen molar-refractivity contribution >= 4 is 11.3 Å². The van der Waals surface area contributed by atoms with E-state index in [0.29, 0.717) is 6.04 Å². The molecule has 1 unspecified atom stereocenters. The predicted octanol–water partition coefficient (Wildman–Crippen LogP) is 3.01. The Balaban J connectivity index is 1.93. The molecule has 0 bridgehead atoms. The number of hydrogen-bond donors (Lipinski definition) is 1. The van der Waals surface area contributed by atoms with Gasteiger partial charge in [0.15, 0.2) is 0 Å². The summed E-state index contributed by atoms with van der Waals surface area (Å²) < 4.78 is 0. The second kappa shape index (κ2) is 6.69. The van der Waals surface area contributed by atoms with Crippen LogP contribution in [0, 0.1) is 6.92 Å². The molecule has 112 valence electrons. The predicted molar refractivity (Wildman–Crippen MR) is 89.0 cm³/mol. The van der Waals surface area contributed by atoms with Gasteiger partial charge in [-0.25, -0.2) is 0 Å². The monoisotopic (exact) mass is 301 g/mol. The molecule has 3 rings (SSSR count). The van der Waals surface area contributed by atoms with Gasteiger partial charge in [0.25, 0.3) is 0 Å². The van der Waals surface area contributed by atoms with E-state index < -0.39 is 0 Å². The topological polar surface area (TPSA) is 28.2 Å². The van der Waals surface area contributed by atoms with Crippen LogP contribution < -0.4 is 5.32 Å². The van der Waals surface area contributed by atoms with Gasteiger partial charge in [-0.2, -0.15) is 0 Å². The van der Waals surface area contributed by atoms with Gasteiger partial charge in [0.2, 0.25) is 0 Å². The van der Waals surface area contributed by atoms with E-state index in [1.54, 1.807) is 0 Å². The zero-order valence-corrected chi connectivity index (χ0v) is 13.6. The van der Waals surface area contributed by atoms with Gasteiger partial charge in [-0.15, -0.1) is 11.3 Å². The van der Waals surface area contributed by atoms with Crippen LogP contribution in [0.2, 0.25) is 0 Å². The maximum Gasteiger partial charge on any atom is 0.0870 e. The number of pyridine rings is 1.